The van der Waals surface area contributed by atoms with E-state index in [1.807, 2.05) is 19.9 Å². The molecule has 1 N–H and O–H groups in total. The van der Waals surface area contributed by atoms with Gasteiger partial charge in [-0.25, -0.2) is 4.98 Å². The molecular formula is C17H19N5O3. The third-order valence-electron chi connectivity index (χ3n) is 4.47. The molecule has 0 unspecified atom stereocenters. The van der Waals surface area contributed by atoms with Crippen molar-refractivity contribution in [2.75, 3.05) is 0 Å². The molecule has 0 spiro atoms. The number of aromatic nitrogens is 3. The van der Waals surface area contributed by atoms with Gasteiger partial charge in [0.05, 0.1) is 11.6 Å². The average molecular weight is 341 g/mol. The summed E-state index contributed by atoms with van der Waals surface area (Å²) in [4.78, 5) is 14.7. The fourth-order valence-electron chi connectivity index (χ4n) is 3.51. The number of rotatable bonds is 6. The summed E-state index contributed by atoms with van der Waals surface area (Å²) < 4.78 is 11.3. The second-order valence-electron chi connectivity index (χ2n) is 6.98. The third-order valence-corrected chi connectivity index (χ3v) is 4.47. The number of carbonyl (C=O) groups is 1. The van der Waals surface area contributed by atoms with Gasteiger partial charge in [0, 0.05) is 5.54 Å². The molecular weight excluding hydrogens is 322 g/mol. The minimum atomic E-state index is -0.247. The Morgan fingerprint density at radius 1 is 1.44 bits per heavy atom. The molecule has 8 nitrogen and oxygen atoms in total. The van der Waals surface area contributed by atoms with E-state index < -0.39 is 0 Å². The first-order valence-electron chi connectivity index (χ1n) is 7.91. The quantitative estimate of drug-likeness (QED) is 0.796. The fourth-order valence-corrected chi connectivity index (χ4v) is 3.51. The first-order chi connectivity index (χ1) is 11.9. The highest BCUT2D eigenvalue weighted by atomic mass is 16.5. The molecule has 0 aromatic carbocycles. The van der Waals surface area contributed by atoms with Crippen LogP contribution in [0.1, 0.15) is 49.7 Å². The molecule has 1 aliphatic rings. The van der Waals surface area contributed by atoms with Gasteiger partial charge in [0.1, 0.15) is 17.5 Å². The van der Waals surface area contributed by atoms with Crippen molar-refractivity contribution in [3.63, 3.8) is 0 Å². The first kappa shape index (κ1) is 16.9. The number of hydrogen-bond donors (Lipinski definition) is 1. The maximum Gasteiger partial charge on any atom is 0.253 e. The van der Waals surface area contributed by atoms with E-state index in [1.165, 1.54) is 6.20 Å². The summed E-state index contributed by atoms with van der Waals surface area (Å²) in [5.41, 5.74) is 0.642. The Hall–Kier alpha value is -2.95. The van der Waals surface area contributed by atoms with Gasteiger partial charge in [-0.05, 0) is 38.3 Å². The third kappa shape index (κ3) is 3.31. The van der Waals surface area contributed by atoms with Crippen LogP contribution in [0.2, 0.25) is 0 Å². The van der Waals surface area contributed by atoms with Gasteiger partial charge in [-0.3, -0.25) is 4.79 Å². The predicted octanol–water partition coefficient (Wildman–Crippen LogP) is 1.78. The molecule has 8 heteroatoms. The standard InChI is InChI=1S/C17H19N5O3/c1-11-4-12(6-19-13(11)5-18)24-7-14-21-22-15(25-14)16(2)8-17(3,9-16)20-10-23/h4,6,10H,7-9H2,1-3H3,(H,20,23). The van der Waals surface area contributed by atoms with E-state index in [2.05, 4.69) is 20.5 Å². The molecule has 1 saturated carbocycles. The lowest BCUT2D eigenvalue weighted by molar-refractivity contribution is -0.113. The number of aryl methyl sites for hydroxylation is 1. The van der Waals surface area contributed by atoms with Crippen molar-refractivity contribution in [2.45, 2.75) is 51.2 Å². The van der Waals surface area contributed by atoms with Gasteiger partial charge in [-0.2, -0.15) is 5.26 Å². The van der Waals surface area contributed by atoms with E-state index in [9.17, 15) is 4.79 Å². The summed E-state index contributed by atoms with van der Waals surface area (Å²) in [6.07, 6.45) is 3.69. The molecule has 2 heterocycles. The number of pyridine rings is 1. The summed E-state index contributed by atoms with van der Waals surface area (Å²) in [6, 6.07) is 3.75. The van der Waals surface area contributed by atoms with E-state index in [4.69, 9.17) is 14.4 Å². The van der Waals surface area contributed by atoms with Crippen LogP contribution in [-0.2, 0) is 16.8 Å². The van der Waals surface area contributed by atoms with Crippen LogP contribution in [-0.4, -0.2) is 27.1 Å². The van der Waals surface area contributed by atoms with Gasteiger partial charge >= 0.3 is 0 Å². The van der Waals surface area contributed by atoms with Gasteiger partial charge < -0.3 is 14.5 Å². The number of hydrogen-bond acceptors (Lipinski definition) is 7. The van der Waals surface area contributed by atoms with Crippen LogP contribution in [0.3, 0.4) is 0 Å². The minimum absolute atomic E-state index is 0.125. The molecule has 2 aromatic rings. The fraction of sp³-hybridized carbons (Fsp3) is 0.471. The number of carbonyl (C=O) groups excluding carboxylic acids is 1. The summed E-state index contributed by atoms with van der Waals surface area (Å²) in [6.45, 7) is 5.95. The van der Waals surface area contributed by atoms with E-state index >= 15 is 0 Å². The highest BCUT2D eigenvalue weighted by molar-refractivity contribution is 5.49. The molecule has 1 amide bonds. The van der Waals surface area contributed by atoms with Gasteiger partial charge in [-0.15, -0.1) is 10.2 Å². The van der Waals surface area contributed by atoms with Crippen LogP contribution in [0, 0.1) is 18.3 Å². The van der Waals surface area contributed by atoms with Crippen molar-refractivity contribution in [1.29, 1.82) is 5.26 Å². The van der Waals surface area contributed by atoms with Gasteiger partial charge in [0.2, 0.25) is 12.3 Å². The van der Waals surface area contributed by atoms with E-state index in [-0.39, 0.29) is 17.6 Å². The van der Waals surface area contributed by atoms with Crippen LogP contribution < -0.4 is 10.1 Å². The number of ether oxygens (including phenoxy) is 1. The van der Waals surface area contributed by atoms with Crippen LogP contribution in [0.5, 0.6) is 5.75 Å². The van der Waals surface area contributed by atoms with Gasteiger partial charge in [-0.1, -0.05) is 6.92 Å². The smallest absolute Gasteiger partial charge is 0.253 e. The molecule has 0 saturated heterocycles. The predicted molar refractivity (Wildman–Crippen MR) is 86.5 cm³/mol. The molecule has 1 fully saturated rings. The molecule has 0 radical (unpaired) electrons. The maximum absolute atomic E-state index is 10.6. The van der Waals surface area contributed by atoms with Crippen LogP contribution in [0.4, 0.5) is 0 Å². The highest BCUT2D eigenvalue weighted by Gasteiger charge is 2.52. The lowest BCUT2D eigenvalue weighted by atomic mass is 9.59. The Labute approximate surface area is 145 Å². The minimum Gasteiger partial charge on any atom is -0.482 e. The normalized spacial score (nSPS) is 24.9. The zero-order valence-electron chi connectivity index (χ0n) is 14.4. The Morgan fingerprint density at radius 2 is 2.20 bits per heavy atom. The van der Waals surface area contributed by atoms with Gasteiger partial charge in [0.25, 0.3) is 5.89 Å². The molecule has 1 aliphatic carbocycles. The topological polar surface area (TPSA) is 114 Å². The molecule has 130 valence electrons. The van der Waals surface area contributed by atoms with Crippen molar-refractivity contribution < 1.29 is 13.9 Å². The molecule has 3 rings (SSSR count). The molecule has 0 bridgehead atoms. The summed E-state index contributed by atoms with van der Waals surface area (Å²) in [5, 5.41) is 19.9. The Kier molecular flexibility index (Phi) is 4.17. The van der Waals surface area contributed by atoms with Crippen molar-refractivity contribution in [1.82, 2.24) is 20.5 Å². The van der Waals surface area contributed by atoms with Crippen LogP contribution in [0.15, 0.2) is 16.7 Å². The van der Waals surface area contributed by atoms with Crippen molar-refractivity contribution >= 4 is 6.41 Å². The number of nitrogens with zero attached hydrogens (tertiary/aromatic N) is 4. The number of amides is 1. The summed E-state index contributed by atoms with van der Waals surface area (Å²) >= 11 is 0. The number of nitrogens with one attached hydrogen (secondary N) is 1. The Balaban J connectivity index is 1.62. The lowest BCUT2D eigenvalue weighted by Gasteiger charge is -2.50. The summed E-state index contributed by atoms with van der Waals surface area (Å²) in [7, 11) is 0. The molecule has 25 heavy (non-hydrogen) atoms. The lowest BCUT2D eigenvalue weighted by Crippen LogP contribution is -2.59. The second-order valence-corrected chi connectivity index (χ2v) is 6.98. The van der Waals surface area contributed by atoms with Crippen molar-refractivity contribution in [3.8, 4) is 11.8 Å². The maximum atomic E-state index is 10.6. The highest BCUT2D eigenvalue weighted by Crippen LogP contribution is 2.49. The average Bonchev–Trinajstić information content (AvgIpc) is 3.01. The number of nitriles is 1. The zero-order valence-corrected chi connectivity index (χ0v) is 14.4. The van der Waals surface area contributed by atoms with Crippen molar-refractivity contribution in [2.24, 2.45) is 0 Å². The van der Waals surface area contributed by atoms with Crippen LogP contribution in [0.25, 0.3) is 0 Å². The first-order valence-corrected chi connectivity index (χ1v) is 7.91. The van der Waals surface area contributed by atoms with Gasteiger partial charge in [0.15, 0.2) is 6.61 Å². The summed E-state index contributed by atoms with van der Waals surface area (Å²) in [5.74, 6) is 1.45. The Morgan fingerprint density at radius 3 is 2.84 bits per heavy atom. The zero-order chi connectivity index (χ0) is 18.1. The molecule has 0 atom stereocenters. The molecule has 2 aromatic heterocycles. The van der Waals surface area contributed by atoms with E-state index in [0.29, 0.717) is 23.2 Å². The second kappa shape index (κ2) is 6.16. The van der Waals surface area contributed by atoms with Crippen LogP contribution >= 0.6 is 0 Å². The monoisotopic (exact) mass is 341 g/mol. The van der Waals surface area contributed by atoms with E-state index in [1.54, 1.807) is 13.0 Å². The largest absolute Gasteiger partial charge is 0.482 e. The SMILES string of the molecule is Cc1cc(OCc2nnc(C3(C)CC(C)(NC=O)C3)o2)cnc1C#N. The molecule has 0 aliphatic heterocycles. The van der Waals surface area contributed by atoms with E-state index in [0.717, 1.165) is 24.8 Å². The van der Waals surface area contributed by atoms with Crippen molar-refractivity contribution in [3.05, 3.63) is 35.3 Å². The Bertz CT molecular complexity index is 833.